The van der Waals surface area contributed by atoms with Crippen molar-refractivity contribution in [3.05, 3.63) is 71.3 Å². The van der Waals surface area contributed by atoms with Crippen LogP contribution in [-0.2, 0) is 11.3 Å². The number of carbonyl (C=O) groups excluding carboxylic acids is 2. The molecule has 2 aromatic rings. The molecule has 0 bridgehead atoms. The Hall–Kier alpha value is -2.70. The molecule has 6 heteroatoms. The Kier molecular flexibility index (Phi) is 6.79. The molecule has 3 rings (SSSR count). The molecule has 3 amide bonds. The molecule has 6 nitrogen and oxygen atoms in total. The molecule has 1 aliphatic rings. The van der Waals surface area contributed by atoms with Gasteiger partial charge in [-0.05, 0) is 18.1 Å². The van der Waals surface area contributed by atoms with Gasteiger partial charge in [-0.15, -0.1) is 0 Å². The molecule has 0 radical (unpaired) electrons. The van der Waals surface area contributed by atoms with Gasteiger partial charge in [0.25, 0.3) is 0 Å². The molecule has 1 saturated heterocycles. The first-order chi connectivity index (χ1) is 13.6. The SMILES string of the molecule is CNC(=O)NC(=O)[C@H](c1ccccc1)N1CCN(Cc2cccc(C)c2)CC1. The van der Waals surface area contributed by atoms with Crippen molar-refractivity contribution in [2.75, 3.05) is 33.2 Å². The van der Waals surface area contributed by atoms with Gasteiger partial charge in [0.2, 0.25) is 5.91 Å². The second-order valence-corrected chi connectivity index (χ2v) is 7.18. The summed E-state index contributed by atoms with van der Waals surface area (Å²) >= 11 is 0. The van der Waals surface area contributed by atoms with Crippen LogP contribution in [0, 0.1) is 6.92 Å². The van der Waals surface area contributed by atoms with Crippen molar-refractivity contribution in [2.24, 2.45) is 0 Å². The highest BCUT2D eigenvalue weighted by Crippen LogP contribution is 2.23. The van der Waals surface area contributed by atoms with Crippen LogP contribution in [0.3, 0.4) is 0 Å². The molecule has 0 saturated carbocycles. The zero-order chi connectivity index (χ0) is 19.9. The maximum Gasteiger partial charge on any atom is 0.321 e. The molecule has 1 aliphatic heterocycles. The number of aryl methyl sites for hydroxylation is 1. The number of carbonyl (C=O) groups is 2. The van der Waals surface area contributed by atoms with Gasteiger partial charge in [0.15, 0.2) is 0 Å². The number of rotatable bonds is 5. The van der Waals surface area contributed by atoms with Crippen molar-refractivity contribution >= 4 is 11.9 Å². The predicted octanol–water partition coefficient (Wildman–Crippen LogP) is 2.31. The first-order valence-corrected chi connectivity index (χ1v) is 9.66. The Morgan fingerprint density at radius 2 is 1.71 bits per heavy atom. The van der Waals surface area contributed by atoms with Gasteiger partial charge in [-0.2, -0.15) is 0 Å². The van der Waals surface area contributed by atoms with E-state index >= 15 is 0 Å². The lowest BCUT2D eigenvalue weighted by Gasteiger charge is -2.38. The van der Waals surface area contributed by atoms with Crippen LogP contribution in [0.5, 0.6) is 0 Å². The summed E-state index contributed by atoms with van der Waals surface area (Å²) in [5.74, 6) is -0.294. The van der Waals surface area contributed by atoms with Crippen molar-refractivity contribution in [3.8, 4) is 0 Å². The third kappa shape index (κ3) is 5.18. The molecule has 1 fully saturated rings. The molecule has 2 aromatic carbocycles. The van der Waals surface area contributed by atoms with Crippen LogP contribution in [0.15, 0.2) is 54.6 Å². The molecule has 0 unspecified atom stereocenters. The Bertz CT molecular complexity index is 801. The van der Waals surface area contributed by atoms with E-state index < -0.39 is 12.1 Å². The standard InChI is InChI=1S/C22H28N4O2/c1-17-7-6-8-18(15-17)16-25-11-13-26(14-12-25)20(19-9-4-3-5-10-19)21(27)24-22(28)23-2/h3-10,15,20H,11-14,16H2,1-2H3,(H2,23,24,27,28)/t20-/m0/s1. The smallest absolute Gasteiger partial charge is 0.321 e. The van der Waals surface area contributed by atoms with Crippen LogP contribution in [0.4, 0.5) is 4.79 Å². The Labute approximate surface area is 166 Å². The minimum atomic E-state index is -0.482. The van der Waals surface area contributed by atoms with E-state index in [2.05, 4.69) is 51.6 Å². The van der Waals surface area contributed by atoms with Crippen molar-refractivity contribution in [1.82, 2.24) is 20.4 Å². The summed E-state index contributed by atoms with van der Waals surface area (Å²) in [5.41, 5.74) is 3.48. The number of nitrogens with one attached hydrogen (secondary N) is 2. The lowest BCUT2D eigenvalue weighted by atomic mass is 10.0. The van der Waals surface area contributed by atoms with Gasteiger partial charge in [-0.25, -0.2) is 4.79 Å². The first kappa shape index (κ1) is 20.0. The van der Waals surface area contributed by atoms with Gasteiger partial charge < -0.3 is 5.32 Å². The fourth-order valence-corrected chi connectivity index (χ4v) is 3.65. The Balaban J connectivity index is 1.67. The summed E-state index contributed by atoms with van der Waals surface area (Å²) in [6.07, 6.45) is 0. The number of nitrogens with zero attached hydrogens (tertiary/aromatic N) is 2. The lowest BCUT2D eigenvalue weighted by molar-refractivity contribution is -0.126. The number of piperazine rings is 1. The van der Waals surface area contributed by atoms with Gasteiger partial charge >= 0.3 is 6.03 Å². The molecule has 2 N–H and O–H groups in total. The van der Waals surface area contributed by atoms with E-state index in [0.717, 1.165) is 38.3 Å². The summed E-state index contributed by atoms with van der Waals surface area (Å²) < 4.78 is 0. The highest BCUT2D eigenvalue weighted by atomic mass is 16.2. The van der Waals surface area contributed by atoms with Crippen LogP contribution in [0.1, 0.15) is 22.7 Å². The summed E-state index contributed by atoms with van der Waals surface area (Å²) in [7, 11) is 1.50. The molecule has 0 aromatic heterocycles. The number of hydrogen-bond donors (Lipinski definition) is 2. The zero-order valence-electron chi connectivity index (χ0n) is 16.5. The van der Waals surface area contributed by atoms with Crippen molar-refractivity contribution < 1.29 is 9.59 Å². The molecular weight excluding hydrogens is 352 g/mol. The number of hydrogen-bond acceptors (Lipinski definition) is 4. The fourth-order valence-electron chi connectivity index (χ4n) is 3.65. The quantitative estimate of drug-likeness (QED) is 0.836. The van der Waals surface area contributed by atoms with E-state index in [4.69, 9.17) is 0 Å². The van der Waals surface area contributed by atoms with Crippen LogP contribution >= 0.6 is 0 Å². The van der Waals surface area contributed by atoms with Gasteiger partial charge in [0.1, 0.15) is 6.04 Å². The second kappa shape index (κ2) is 9.48. The zero-order valence-corrected chi connectivity index (χ0v) is 16.5. The minimum absolute atomic E-state index is 0.294. The number of amides is 3. The monoisotopic (exact) mass is 380 g/mol. The summed E-state index contributed by atoms with van der Waals surface area (Å²) in [5, 5.41) is 4.88. The van der Waals surface area contributed by atoms with E-state index in [1.54, 1.807) is 0 Å². The topological polar surface area (TPSA) is 64.7 Å². The van der Waals surface area contributed by atoms with Crippen LogP contribution < -0.4 is 10.6 Å². The molecule has 28 heavy (non-hydrogen) atoms. The predicted molar refractivity (Wildman–Crippen MR) is 110 cm³/mol. The maximum atomic E-state index is 12.8. The molecule has 1 heterocycles. The van der Waals surface area contributed by atoms with Gasteiger partial charge in [0, 0.05) is 39.8 Å². The van der Waals surface area contributed by atoms with E-state index in [1.807, 2.05) is 30.3 Å². The van der Waals surface area contributed by atoms with Gasteiger partial charge in [-0.1, -0.05) is 60.2 Å². The molecule has 1 atom stereocenters. The first-order valence-electron chi connectivity index (χ1n) is 9.66. The highest BCUT2D eigenvalue weighted by molar-refractivity contribution is 5.97. The molecule has 148 valence electrons. The van der Waals surface area contributed by atoms with Crippen molar-refractivity contribution in [1.29, 1.82) is 0 Å². The average Bonchev–Trinajstić information content (AvgIpc) is 2.70. The molecular formula is C22H28N4O2. The largest absolute Gasteiger partial charge is 0.341 e. The van der Waals surface area contributed by atoms with Gasteiger partial charge in [-0.3, -0.25) is 19.9 Å². The molecule has 0 aliphatic carbocycles. The normalized spacial score (nSPS) is 16.4. The van der Waals surface area contributed by atoms with Gasteiger partial charge in [0.05, 0.1) is 0 Å². The van der Waals surface area contributed by atoms with E-state index in [9.17, 15) is 9.59 Å². The summed E-state index contributed by atoms with van der Waals surface area (Å²) in [6.45, 7) is 6.32. The number of benzene rings is 2. The van der Waals surface area contributed by atoms with Crippen molar-refractivity contribution in [2.45, 2.75) is 19.5 Å². The van der Waals surface area contributed by atoms with Crippen LogP contribution in [0.25, 0.3) is 0 Å². The third-order valence-corrected chi connectivity index (χ3v) is 5.09. The Morgan fingerprint density at radius 3 is 2.36 bits per heavy atom. The maximum absolute atomic E-state index is 12.8. The van der Waals surface area contributed by atoms with Crippen LogP contribution in [-0.4, -0.2) is 55.0 Å². The van der Waals surface area contributed by atoms with E-state index in [0.29, 0.717) is 0 Å². The van der Waals surface area contributed by atoms with Crippen LogP contribution in [0.2, 0.25) is 0 Å². The average molecular weight is 380 g/mol. The summed E-state index contributed by atoms with van der Waals surface area (Å²) in [4.78, 5) is 29.0. The minimum Gasteiger partial charge on any atom is -0.341 e. The number of imide groups is 1. The number of urea groups is 1. The lowest BCUT2D eigenvalue weighted by Crippen LogP contribution is -2.52. The van der Waals surface area contributed by atoms with Crippen molar-refractivity contribution in [3.63, 3.8) is 0 Å². The highest BCUT2D eigenvalue weighted by Gasteiger charge is 2.31. The second-order valence-electron chi connectivity index (χ2n) is 7.18. The van der Waals surface area contributed by atoms with E-state index in [-0.39, 0.29) is 5.91 Å². The van der Waals surface area contributed by atoms with E-state index in [1.165, 1.54) is 18.2 Å². The Morgan fingerprint density at radius 1 is 1.00 bits per heavy atom. The fraction of sp³-hybridized carbons (Fsp3) is 0.364. The summed E-state index contributed by atoms with van der Waals surface area (Å²) in [6, 6.07) is 17.3. The molecule has 0 spiro atoms. The third-order valence-electron chi connectivity index (χ3n) is 5.09.